The first-order valence-electron chi connectivity index (χ1n) is 9.51. The highest BCUT2D eigenvalue weighted by Crippen LogP contribution is 2.41. The van der Waals surface area contributed by atoms with Crippen molar-refractivity contribution in [3.05, 3.63) is 83.7 Å². The van der Waals surface area contributed by atoms with Crippen LogP contribution in [0.2, 0.25) is 0 Å². The van der Waals surface area contributed by atoms with Gasteiger partial charge in [-0.1, -0.05) is 6.07 Å². The average molecular weight is 411 g/mol. The average Bonchev–Trinajstić information content (AvgIpc) is 3.33. The standard InChI is InChI=1S/C22H23FN4OS/c1-15-14-16(8-9-17(15)23)27-21(19-7-5-11-26(19)12-13-28-2)20(25-22(27)29)18-6-3-4-10-24-18/h3-11,14,20-21H,12-13H2,1-2H3,(H,25,29)/t20-,21-/m1/s1. The van der Waals surface area contributed by atoms with Crippen molar-refractivity contribution in [3.8, 4) is 0 Å². The van der Waals surface area contributed by atoms with E-state index in [4.69, 9.17) is 17.0 Å². The summed E-state index contributed by atoms with van der Waals surface area (Å²) in [5.74, 6) is -0.229. The zero-order valence-corrected chi connectivity index (χ0v) is 17.2. The maximum Gasteiger partial charge on any atom is 0.174 e. The first-order chi connectivity index (χ1) is 14.1. The van der Waals surface area contributed by atoms with Crippen LogP contribution in [0.5, 0.6) is 0 Å². The summed E-state index contributed by atoms with van der Waals surface area (Å²) in [6, 6.07) is 14.8. The number of aromatic nitrogens is 2. The van der Waals surface area contributed by atoms with Crippen molar-refractivity contribution in [1.82, 2.24) is 14.9 Å². The molecule has 0 unspecified atom stereocenters. The molecule has 5 nitrogen and oxygen atoms in total. The monoisotopic (exact) mass is 410 g/mol. The Balaban J connectivity index is 1.82. The lowest BCUT2D eigenvalue weighted by Gasteiger charge is -2.29. The Morgan fingerprint density at radius 3 is 2.79 bits per heavy atom. The molecule has 2 aromatic heterocycles. The number of anilines is 1. The van der Waals surface area contributed by atoms with Crippen LogP contribution in [-0.4, -0.2) is 28.4 Å². The van der Waals surface area contributed by atoms with Crippen LogP contribution in [0.3, 0.4) is 0 Å². The lowest BCUT2D eigenvalue weighted by molar-refractivity contribution is 0.186. The zero-order chi connectivity index (χ0) is 20.4. The van der Waals surface area contributed by atoms with Crippen molar-refractivity contribution in [3.63, 3.8) is 0 Å². The van der Waals surface area contributed by atoms with Gasteiger partial charge in [0.2, 0.25) is 0 Å². The molecule has 1 saturated heterocycles. The fraction of sp³-hybridized carbons (Fsp3) is 0.273. The highest BCUT2D eigenvalue weighted by Gasteiger charge is 2.42. The van der Waals surface area contributed by atoms with Gasteiger partial charge in [0, 0.05) is 37.4 Å². The molecule has 29 heavy (non-hydrogen) atoms. The van der Waals surface area contributed by atoms with Gasteiger partial charge in [0.05, 0.1) is 18.3 Å². The van der Waals surface area contributed by atoms with Gasteiger partial charge in [-0.15, -0.1) is 0 Å². The minimum Gasteiger partial charge on any atom is -0.383 e. The van der Waals surface area contributed by atoms with Crippen molar-refractivity contribution >= 4 is 23.0 Å². The Kier molecular flexibility index (Phi) is 5.60. The van der Waals surface area contributed by atoms with Gasteiger partial charge >= 0.3 is 0 Å². The number of nitrogens with one attached hydrogen (secondary N) is 1. The molecule has 0 amide bonds. The van der Waals surface area contributed by atoms with Crippen LogP contribution >= 0.6 is 12.2 Å². The van der Waals surface area contributed by atoms with E-state index in [1.165, 1.54) is 6.07 Å². The number of hydrogen-bond acceptors (Lipinski definition) is 3. The van der Waals surface area contributed by atoms with E-state index in [1.54, 1.807) is 26.3 Å². The van der Waals surface area contributed by atoms with Crippen LogP contribution in [-0.2, 0) is 11.3 Å². The highest BCUT2D eigenvalue weighted by atomic mass is 32.1. The van der Waals surface area contributed by atoms with Crippen molar-refractivity contribution in [1.29, 1.82) is 0 Å². The van der Waals surface area contributed by atoms with E-state index in [-0.39, 0.29) is 17.9 Å². The summed E-state index contributed by atoms with van der Waals surface area (Å²) < 4.78 is 21.3. The molecule has 0 saturated carbocycles. The first-order valence-corrected chi connectivity index (χ1v) is 9.91. The predicted molar refractivity (Wildman–Crippen MR) is 115 cm³/mol. The second-order valence-corrected chi connectivity index (χ2v) is 7.44. The number of halogens is 1. The second kappa shape index (κ2) is 8.31. The summed E-state index contributed by atoms with van der Waals surface area (Å²) in [6.45, 7) is 3.10. The minimum atomic E-state index is -0.229. The normalized spacial score (nSPS) is 18.9. The smallest absolute Gasteiger partial charge is 0.174 e. The molecule has 0 aliphatic carbocycles. The summed E-state index contributed by atoms with van der Waals surface area (Å²) in [5.41, 5.74) is 3.43. The summed E-state index contributed by atoms with van der Waals surface area (Å²) in [4.78, 5) is 6.62. The Labute approximate surface area is 175 Å². The van der Waals surface area contributed by atoms with Crippen LogP contribution in [0.4, 0.5) is 10.1 Å². The number of aryl methyl sites for hydroxylation is 1. The highest BCUT2D eigenvalue weighted by molar-refractivity contribution is 7.80. The lowest BCUT2D eigenvalue weighted by atomic mass is 10.0. The predicted octanol–water partition coefficient (Wildman–Crippen LogP) is 4.15. The van der Waals surface area contributed by atoms with E-state index in [0.717, 1.165) is 23.6 Å². The molecular weight excluding hydrogens is 387 g/mol. The number of methoxy groups -OCH3 is 1. The number of pyridine rings is 1. The molecule has 4 rings (SSSR count). The molecule has 1 fully saturated rings. The van der Waals surface area contributed by atoms with Crippen LogP contribution in [0.25, 0.3) is 0 Å². The number of nitrogens with zero attached hydrogens (tertiary/aromatic N) is 3. The zero-order valence-electron chi connectivity index (χ0n) is 16.4. The third-order valence-corrected chi connectivity index (χ3v) is 5.54. The van der Waals surface area contributed by atoms with Crippen LogP contribution in [0.15, 0.2) is 60.9 Å². The molecule has 3 aromatic rings. The summed E-state index contributed by atoms with van der Waals surface area (Å²) >= 11 is 5.72. The maximum atomic E-state index is 13.9. The van der Waals surface area contributed by atoms with Gasteiger partial charge in [-0.2, -0.15) is 0 Å². The lowest BCUT2D eigenvalue weighted by Crippen LogP contribution is -2.30. The molecule has 0 spiro atoms. The third-order valence-electron chi connectivity index (χ3n) is 5.22. The molecule has 150 valence electrons. The molecule has 7 heteroatoms. The van der Waals surface area contributed by atoms with Crippen LogP contribution in [0.1, 0.15) is 29.0 Å². The number of thiocarbonyl (C=S) groups is 1. The third kappa shape index (κ3) is 3.75. The van der Waals surface area contributed by atoms with Gasteiger partial charge in [-0.05, 0) is 67.2 Å². The van der Waals surface area contributed by atoms with Crippen molar-refractivity contribution < 1.29 is 9.13 Å². The fourth-order valence-electron chi connectivity index (χ4n) is 3.80. The molecule has 1 N–H and O–H groups in total. The Bertz CT molecular complexity index is 1010. The number of rotatable bonds is 6. The maximum absolute atomic E-state index is 13.9. The van der Waals surface area contributed by atoms with Crippen molar-refractivity contribution in [2.24, 2.45) is 0 Å². The van der Waals surface area contributed by atoms with Crippen LogP contribution in [0, 0.1) is 12.7 Å². The minimum absolute atomic E-state index is 0.130. The van der Waals surface area contributed by atoms with E-state index >= 15 is 0 Å². The molecule has 0 bridgehead atoms. The summed E-state index contributed by atoms with van der Waals surface area (Å²) in [6.07, 6.45) is 3.82. The number of benzene rings is 1. The SMILES string of the molecule is COCCn1cccc1[C@@H]1[C@@H](c2ccccn2)NC(=S)N1c1ccc(F)c(C)c1. The summed E-state index contributed by atoms with van der Waals surface area (Å²) in [5, 5.41) is 4.02. The number of ether oxygens (including phenoxy) is 1. The Hall–Kier alpha value is -2.77. The van der Waals surface area contributed by atoms with Gasteiger partial charge in [0.1, 0.15) is 11.9 Å². The van der Waals surface area contributed by atoms with Gasteiger partial charge < -0.3 is 19.5 Å². The van der Waals surface area contributed by atoms with E-state index < -0.39 is 0 Å². The van der Waals surface area contributed by atoms with Gasteiger partial charge in [-0.25, -0.2) is 4.39 Å². The topological polar surface area (TPSA) is 42.3 Å². The van der Waals surface area contributed by atoms with Gasteiger partial charge in [0.25, 0.3) is 0 Å². The van der Waals surface area contributed by atoms with Crippen LogP contribution < -0.4 is 10.2 Å². The quantitative estimate of drug-likeness (QED) is 0.619. The molecular formula is C22H23FN4OS. The largest absolute Gasteiger partial charge is 0.383 e. The van der Waals surface area contributed by atoms with Gasteiger partial charge in [-0.3, -0.25) is 4.98 Å². The van der Waals surface area contributed by atoms with E-state index in [9.17, 15) is 4.39 Å². The Morgan fingerprint density at radius 1 is 1.21 bits per heavy atom. The molecule has 3 heterocycles. The van der Waals surface area contributed by atoms with Gasteiger partial charge in [0.15, 0.2) is 5.11 Å². The summed E-state index contributed by atoms with van der Waals surface area (Å²) in [7, 11) is 1.69. The van der Waals surface area contributed by atoms with E-state index in [0.29, 0.717) is 17.3 Å². The molecule has 0 radical (unpaired) electrons. The van der Waals surface area contributed by atoms with Crippen molar-refractivity contribution in [2.75, 3.05) is 18.6 Å². The van der Waals surface area contributed by atoms with Crippen molar-refractivity contribution in [2.45, 2.75) is 25.6 Å². The van der Waals surface area contributed by atoms with E-state index in [1.807, 2.05) is 36.5 Å². The first kappa shape index (κ1) is 19.5. The molecule has 1 aromatic carbocycles. The number of hydrogen-bond donors (Lipinski definition) is 1. The molecule has 1 aliphatic heterocycles. The molecule has 2 atom stereocenters. The second-order valence-electron chi connectivity index (χ2n) is 7.05. The molecule has 1 aliphatic rings. The Morgan fingerprint density at radius 2 is 2.07 bits per heavy atom. The fourth-order valence-corrected chi connectivity index (χ4v) is 4.15. The van der Waals surface area contributed by atoms with E-state index in [2.05, 4.69) is 25.8 Å².